The molecular formula is C9H9ClN2O2. The van der Waals surface area contributed by atoms with Crippen LogP contribution in [-0.4, -0.2) is 15.6 Å². The van der Waals surface area contributed by atoms with Crippen molar-refractivity contribution in [3.63, 3.8) is 0 Å². The second-order valence-electron chi connectivity index (χ2n) is 3.11. The van der Waals surface area contributed by atoms with E-state index >= 15 is 0 Å². The van der Waals surface area contributed by atoms with Crippen LogP contribution in [0.1, 0.15) is 13.8 Å². The molecule has 0 spiro atoms. The molecule has 0 aromatic carbocycles. The van der Waals surface area contributed by atoms with Crippen LogP contribution in [0.25, 0.3) is 0 Å². The van der Waals surface area contributed by atoms with Gasteiger partial charge in [-0.05, 0) is 13.8 Å². The summed E-state index contributed by atoms with van der Waals surface area (Å²) in [5.74, 6) is 2.44. The van der Waals surface area contributed by atoms with Crippen molar-refractivity contribution in [1.29, 1.82) is 0 Å². The Labute approximate surface area is 86.3 Å². The van der Waals surface area contributed by atoms with Crippen molar-refractivity contribution < 1.29 is 4.74 Å². The van der Waals surface area contributed by atoms with Gasteiger partial charge in [-0.2, -0.15) is 0 Å². The van der Waals surface area contributed by atoms with Crippen LogP contribution in [-0.2, 0) is 0 Å². The lowest BCUT2D eigenvalue weighted by molar-refractivity contribution is 0.164. The largest absolute Gasteiger partial charge is 0.457 e. The Morgan fingerprint density at radius 1 is 1.71 bits per heavy atom. The average Bonchev–Trinajstić information content (AvgIpc) is 2.13. The van der Waals surface area contributed by atoms with E-state index in [4.69, 9.17) is 22.8 Å². The average molecular weight is 213 g/mol. The van der Waals surface area contributed by atoms with Crippen LogP contribution in [0.2, 0.25) is 5.02 Å². The molecule has 0 aliphatic rings. The third kappa shape index (κ3) is 2.27. The van der Waals surface area contributed by atoms with Crippen molar-refractivity contribution in [2.45, 2.75) is 19.4 Å². The summed E-state index contributed by atoms with van der Waals surface area (Å²) >= 11 is 5.66. The van der Waals surface area contributed by atoms with E-state index in [2.05, 4.69) is 15.9 Å². The lowest BCUT2D eigenvalue weighted by Gasteiger charge is -2.19. The van der Waals surface area contributed by atoms with E-state index in [-0.39, 0.29) is 10.9 Å². The molecule has 1 rings (SSSR count). The Morgan fingerprint density at radius 2 is 2.36 bits per heavy atom. The van der Waals surface area contributed by atoms with E-state index < -0.39 is 11.2 Å². The van der Waals surface area contributed by atoms with Crippen LogP contribution in [0.4, 0.5) is 0 Å². The Balaban J connectivity index is 3.06. The number of nitrogens with one attached hydrogen (secondary N) is 1. The molecule has 5 heteroatoms. The summed E-state index contributed by atoms with van der Waals surface area (Å²) in [7, 11) is 0. The molecular weight excluding hydrogens is 204 g/mol. The minimum atomic E-state index is -0.843. The fourth-order valence-electron chi connectivity index (χ4n) is 0.709. The molecule has 1 aromatic rings. The second kappa shape index (κ2) is 3.72. The highest BCUT2D eigenvalue weighted by Gasteiger charge is 2.19. The van der Waals surface area contributed by atoms with Crippen LogP contribution in [0, 0.1) is 12.3 Å². The maximum atomic E-state index is 11.1. The first kappa shape index (κ1) is 10.6. The lowest BCUT2D eigenvalue weighted by atomic mass is 10.1. The van der Waals surface area contributed by atoms with Crippen molar-refractivity contribution >= 4 is 11.6 Å². The van der Waals surface area contributed by atoms with Crippen LogP contribution in [0.5, 0.6) is 5.88 Å². The lowest BCUT2D eigenvalue weighted by Crippen LogP contribution is -2.27. The predicted octanol–water partition coefficient (Wildman–Crippen LogP) is 1.21. The normalized spacial score (nSPS) is 10.7. The van der Waals surface area contributed by atoms with Crippen molar-refractivity contribution in [2.24, 2.45) is 0 Å². The van der Waals surface area contributed by atoms with Gasteiger partial charge in [-0.1, -0.05) is 17.5 Å². The van der Waals surface area contributed by atoms with Gasteiger partial charge < -0.3 is 9.72 Å². The molecule has 1 N–H and O–H groups in total. The molecule has 1 heterocycles. The monoisotopic (exact) mass is 212 g/mol. The molecule has 14 heavy (non-hydrogen) atoms. The molecule has 0 radical (unpaired) electrons. The van der Waals surface area contributed by atoms with Crippen LogP contribution in [0.3, 0.4) is 0 Å². The van der Waals surface area contributed by atoms with Gasteiger partial charge in [0.25, 0.3) is 5.56 Å². The van der Waals surface area contributed by atoms with Gasteiger partial charge in [0, 0.05) is 0 Å². The number of rotatable bonds is 2. The predicted molar refractivity (Wildman–Crippen MR) is 53.4 cm³/mol. The molecule has 0 amide bonds. The minimum absolute atomic E-state index is 0.0402. The molecule has 1 aromatic heterocycles. The zero-order valence-electron chi connectivity index (χ0n) is 7.80. The number of hydrogen-bond donors (Lipinski definition) is 1. The third-order valence-electron chi connectivity index (χ3n) is 1.46. The van der Waals surface area contributed by atoms with Gasteiger partial charge >= 0.3 is 0 Å². The van der Waals surface area contributed by atoms with Crippen LogP contribution >= 0.6 is 11.6 Å². The highest BCUT2D eigenvalue weighted by Crippen LogP contribution is 2.20. The standard InChI is InChI=1S/C9H9ClN2O2/c1-4-9(2,3)14-8-6(10)7(13)11-5-12-8/h1,5H,2-3H3,(H,11,12,13). The van der Waals surface area contributed by atoms with Gasteiger partial charge in [-0.3, -0.25) is 4.79 Å². The molecule has 4 nitrogen and oxygen atoms in total. The SMILES string of the molecule is C#CC(C)(C)Oc1nc[nH]c(=O)c1Cl. The molecule has 0 fully saturated rings. The fourth-order valence-corrected chi connectivity index (χ4v) is 0.851. The summed E-state index contributed by atoms with van der Waals surface area (Å²) in [5, 5.41) is -0.101. The summed E-state index contributed by atoms with van der Waals surface area (Å²) in [4.78, 5) is 17.1. The Kier molecular flexibility index (Phi) is 2.82. The maximum Gasteiger partial charge on any atom is 0.273 e. The van der Waals surface area contributed by atoms with Gasteiger partial charge in [-0.15, -0.1) is 6.42 Å². The number of aromatic amines is 1. The van der Waals surface area contributed by atoms with Gasteiger partial charge in [0.15, 0.2) is 10.6 Å². The second-order valence-corrected chi connectivity index (χ2v) is 3.49. The van der Waals surface area contributed by atoms with E-state index in [1.807, 2.05) is 0 Å². The smallest absolute Gasteiger partial charge is 0.273 e. The summed E-state index contributed by atoms with van der Waals surface area (Å²) in [6.45, 7) is 3.35. The first-order valence-electron chi connectivity index (χ1n) is 3.86. The quantitative estimate of drug-likeness (QED) is 0.750. The van der Waals surface area contributed by atoms with E-state index in [1.54, 1.807) is 13.8 Å². The van der Waals surface area contributed by atoms with Crippen molar-refractivity contribution in [3.8, 4) is 18.2 Å². The number of hydrogen-bond acceptors (Lipinski definition) is 3. The first-order chi connectivity index (χ1) is 6.46. The van der Waals surface area contributed by atoms with Crippen LogP contribution < -0.4 is 10.3 Å². The number of terminal acetylenes is 1. The number of halogens is 1. The van der Waals surface area contributed by atoms with Crippen molar-refractivity contribution in [2.75, 3.05) is 0 Å². The molecule has 0 aliphatic heterocycles. The summed E-state index contributed by atoms with van der Waals surface area (Å²) in [5.41, 5.74) is -1.30. The number of H-pyrrole nitrogens is 1. The highest BCUT2D eigenvalue weighted by atomic mass is 35.5. The highest BCUT2D eigenvalue weighted by molar-refractivity contribution is 6.31. The van der Waals surface area contributed by atoms with Crippen LogP contribution in [0.15, 0.2) is 11.1 Å². The summed E-state index contributed by atoms with van der Waals surface area (Å²) in [6, 6.07) is 0. The Hall–Kier alpha value is -1.47. The maximum absolute atomic E-state index is 11.1. The minimum Gasteiger partial charge on any atom is -0.457 e. The molecule has 0 saturated heterocycles. The molecule has 0 unspecified atom stereocenters. The number of aromatic nitrogens is 2. The zero-order valence-corrected chi connectivity index (χ0v) is 8.55. The van der Waals surface area contributed by atoms with Gasteiger partial charge in [-0.25, -0.2) is 4.98 Å². The summed E-state index contributed by atoms with van der Waals surface area (Å²) < 4.78 is 5.26. The number of nitrogens with zero attached hydrogens (tertiary/aromatic N) is 1. The van der Waals surface area contributed by atoms with E-state index in [0.29, 0.717) is 0 Å². The summed E-state index contributed by atoms with van der Waals surface area (Å²) in [6.07, 6.45) is 6.41. The molecule has 0 saturated carbocycles. The fraction of sp³-hybridized carbons (Fsp3) is 0.333. The molecule has 0 bridgehead atoms. The van der Waals surface area contributed by atoms with Crippen molar-refractivity contribution in [3.05, 3.63) is 21.7 Å². The third-order valence-corrected chi connectivity index (χ3v) is 1.80. The van der Waals surface area contributed by atoms with Gasteiger partial charge in [0.1, 0.15) is 0 Å². The zero-order chi connectivity index (χ0) is 10.8. The van der Waals surface area contributed by atoms with E-state index in [9.17, 15) is 4.79 Å². The van der Waals surface area contributed by atoms with Gasteiger partial charge in [0.2, 0.25) is 5.88 Å². The van der Waals surface area contributed by atoms with E-state index in [1.165, 1.54) is 6.33 Å². The van der Waals surface area contributed by atoms with Gasteiger partial charge in [0.05, 0.1) is 6.33 Å². The Morgan fingerprint density at radius 3 is 2.93 bits per heavy atom. The Bertz CT molecular complexity index is 431. The van der Waals surface area contributed by atoms with E-state index in [0.717, 1.165) is 0 Å². The molecule has 74 valence electrons. The molecule has 0 aliphatic carbocycles. The molecule has 0 atom stereocenters. The first-order valence-corrected chi connectivity index (χ1v) is 4.24. The number of ether oxygens (including phenoxy) is 1. The topological polar surface area (TPSA) is 55.0 Å². The van der Waals surface area contributed by atoms with Crippen molar-refractivity contribution in [1.82, 2.24) is 9.97 Å².